The van der Waals surface area contributed by atoms with Gasteiger partial charge in [-0.15, -0.1) is 0 Å². The zero-order chi connectivity index (χ0) is 24.0. The van der Waals surface area contributed by atoms with E-state index in [4.69, 9.17) is 0 Å². The molecule has 8 heteroatoms. The third-order valence-corrected chi connectivity index (χ3v) is 5.93. The zero-order valence-corrected chi connectivity index (χ0v) is 19.8. The van der Waals surface area contributed by atoms with Crippen molar-refractivity contribution in [3.63, 3.8) is 0 Å². The smallest absolute Gasteiger partial charge is 0.259 e. The Kier molecular flexibility index (Phi) is 7.92. The van der Waals surface area contributed by atoms with Gasteiger partial charge < -0.3 is 5.32 Å². The van der Waals surface area contributed by atoms with Gasteiger partial charge in [0.05, 0.1) is 6.04 Å². The maximum atomic E-state index is 13.6. The van der Waals surface area contributed by atoms with Crippen molar-refractivity contribution in [3.05, 3.63) is 59.2 Å². The van der Waals surface area contributed by atoms with Crippen molar-refractivity contribution in [2.24, 2.45) is 0 Å². The van der Waals surface area contributed by atoms with Gasteiger partial charge in [0.1, 0.15) is 0 Å². The van der Waals surface area contributed by atoms with Crippen molar-refractivity contribution < 1.29 is 14.4 Å². The monoisotopic (exact) mass is 451 g/mol. The molecular weight excluding hydrogens is 418 g/mol. The van der Waals surface area contributed by atoms with Crippen LogP contribution >= 0.6 is 0 Å². The molecule has 1 aromatic heterocycles. The van der Waals surface area contributed by atoms with E-state index >= 15 is 0 Å². The lowest BCUT2D eigenvalue weighted by atomic mass is 9.86. The average Bonchev–Trinajstić information content (AvgIpc) is 2.77. The quantitative estimate of drug-likeness (QED) is 0.596. The van der Waals surface area contributed by atoms with Crippen LogP contribution in [0.1, 0.15) is 68.7 Å². The first-order valence-electron chi connectivity index (χ1n) is 11.5. The molecule has 1 fully saturated rings. The molecule has 0 aliphatic heterocycles. The van der Waals surface area contributed by atoms with Gasteiger partial charge in [-0.25, -0.2) is 9.97 Å². The van der Waals surface area contributed by atoms with Gasteiger partial charge in [-0.3, -0.25) is 25.0 Å². The van der Waals surface area contributed by atoms with Gasteiger partial charge in [0.15, 0.2) is 11.4 Å². The van der Waals surface area contributed by atoms with Crippen LogP contribution in [-0.2, 0) is 19.9 Å². The van der Waals surface area contributed by atoms with Gasteiger partial charge in [0.2, 0.25) is 11.8 Å². The molecule has 2 atom stereocenters. The van der Waals surface area contributed by atoms with Gasteiger partial charge in [-0.05, 0) is 45.2 Å². The van der Waals surface area contributed by atoms with Crippen molar-refractivity contribution in [1.29, 1.82) is 0 Å². The largest absolute Gasteiger partial charge is 0.352 e. The summed E-state index contributed by atoms with van der Waals surface area (Å²) >= 11 is 0. The molecule has 2 aromatic rings. The lowest BCUT2D eigenvalue weighted by molar-refractivity contribution is -0.133. The molecule has 1 heterocycles. The highest BCUT2D eigenvalue weighted by Crippen LogP contribution is 2.29. The van der Waals surface area contributed by atoms with Crippen molar-refractivity contribution in [2.45, 2.75) is 77.4 Å². The number of nitrogens with one attached hydrogen (secondary N) is 3. The van der Waals surface area contributed by atoms with E-state index in [0.29, 0.717) is 17.0 Å². The highest BCUT2D eigenvalue weighted by molar-refractivity contribution is 6.01. The van der Waals surface area contributed by atoms with E-state index in [1.54, 1.807) is 37.3 Å². The Morgan fingerprint density at radius 3 is 2.18 bits per heavy atom. The molecule has 3 rings (SSSR count). The predicted octanol–water partition coefficient (Wildman–Crippen LogP) is 2.43. The Hall–Kier alpha value is -3.13. The lowest BCUT2D eigenvalue weighted by Crippen LogP contribution is -2.62. The van der Waals surface area contributed by atoms with Gasteiger partial charge in [-0.2, -0.15) is 0 Å². The molecule has 0 saturated heterocycles. The highest BCUT2D eigenvalue weighted by atomic mass is 16.2. The fourth-order valence-corrected chi connectivity index (χ4v) is 4.37. The number of nitrogens with zero attached hydrogens (tertiary/aromatic N) is 2. The maximum absolute atomic E-state index is 13.6. The van der Waals surface area contributed by atoms with E-state index in [9.17, 15) is 14.4 Å². The first-order chi connectivity index (χ1) is 15.7. The molecule has 1 aliphatic rings. The third-order valence-electron chi connectivity index (χ3n) is 5.93. The number of hydrogen-bond acceptors (Lipinski definition) is 6. The number of rotatable bonds is 7. The van der Waals surface area contributed by atoms with Crippen molar-refractivity contribution in [1.82, 2.24) is 25.9 Å². The molecule has 0 unspecified atom stereocenters. The molecule has 8 nitrogen and oxygen atoms in total. The van der Waals surface area contributed by atoms with E-state index in [-0.39, 0.29) is 17.8 Å². The number of aryl methyl sites for hydroxylation is 2. The first-order valence-corrected chi connectivity index (χ1v) is 11.5. The SMILES string of the molecule is CC(=O)NC(=O)[C@](N[C@@H](C)C(=O)NC1CCCCC1)(c1ccccc1)c1nc(C)cc(C)n1. The van der Waals surface area contributed by atoms with E-state index < -0.39 is 23.4 Å². The molecule has 1 aromatic carbocycles. The second kappa shape index (κ2) is 10.7. The molecule has 0 spiro atoms. The predicted molar refractivity (Wildman–Crippen MR) is 125 cm³/mol. The van der Waals surface area contributed by atoms with Gasteiger partial charge in [-0.1, -0.05) is 49.6 Å². The summed E-state index contributed by atoms with van der Waals surface area (Å²) in [6.45, 7) is 6.61. The first kappa shape index (κ1) is 24.5. The van der Waals surface area contributed by atoms with Gasteiger partial charge in [0, 0.05) is 24.4 Å². The van der Waals surface area contributed by atoms with E-state index in [1.165, 1.54) is 13.3 Å². The Bertz CT molecular complexity index is 984. The molecule has 1 aliphatic carbocycles. The molecule has 33 heavy (non-hydrogen) atoms. The third kappa shape index (κ3) is 5.82. The minimum atomic E-state index is -1.65. The summed E-state index contributed by atoms with van der Waals surface area (Å²) in [5.74, 6) is -1.17. The lowest BCUT2D eigenvalue weighted by Gasteiger charge is -2.35. The summed E-state index contributed by atoms with van der Waals surface area (Å²) in [4.78, 5) is 47.8. The number of carbonyl (C=O) groups excluding carboxylic acids is 3. The molecule has 3 amide bonds. The van der Waals surface area contributed by atoms with Crippen LogP contribution in [0.2, 0.25) is 0 Å². The summed E-state index contributed by atoms with van der Waals surface area (Å²) < 4.78 is 0. The van der Waals surface area contributed by atoms with Crippen LogP contribution in [0.4, 0.5) is 0 Å². The molecular formula is C25H33N5O3. The average molecular weight is 452 g/mol. The number of amides is 3. The minimum absolute atomic E-state index is 0.130. The van der Waals surface area contributed by atoms with Crippen molar-refractivity contribution in [3.8, 4) is 0 Å². The van der Waals surface area contributed by atoms with Crippen LogP contribution in [0.5, 0.6) is 0 Å². The normalized spacial score (nSPS) is 17.0. The number of imide groups is 1. The maximum Gasteiger partial charge on any atom is 0.259 e. The van der Waals surface area contributed by atoms with Crippen molar-refractivity contribution >= 4 is 17.7 Å². The standard InChI is InChI=1S/C25H33N5O3/c1-16-15-17(2)27-23(26-16)25(24(33)28-19(4)31,20-11-7-5-8-12-20)30-18(3)22(32)29-21-13-9-6-10-14-21/h5,7-8,11-12,15,18,21,30H,6,9-10,13-14H2,1-4H3,(H,29,32)(H,28,31,33)/t18-,25-/m0/s1. The second-order valence-electron chi connectivity index (χ2n) is 8.81. The summed E-state index contributed by atoms with van der Waals surface area (Å²) in [6.07, 6.45) is 5.28. The van der Waals surface area contributed by atoms with Gasteiger partial charge >= 0.3 is 0 Å². The number of aromatic nitrogens is 2. The van der Waals surface area contributed by atoms with Crippen LogP contribution in [0, 0.1) is 13.8 Å². The second-order valence-corrected chi connectivity index (χ2v) is 8.81. The van der Waals surface area contributed by atoms with Crippen LogP contribution in [0.25, 0.3) is 0 Å². The Balaban J connectivity index is 2.06. The summed E-state index contributed by atoms with van der Waals surface area (Å²) in [5, 5.41) is 8.71. The summed E-state index contributed by atoms with van der Waals surface area (Å²) in [6, 6.07) is 10.1. The minimum Gasteiger partial charge on any atom is -0.352 e. The van der Waals surface area contributed by atoms with Crippen molar-refractivity contribution in [2.75, 3.05) is 0 Å². The van der Waals surface area contributed by atoms with E-state index in [1.807, 2.05) is 19.9 Å². The van der Waals surface area contributed by atoms with Crippen LogP contribution in [0.3, 0.4) is 0 Å². The molecule has 3 N–H and O–H groups in total. The molecule has 1 saturated carbocycles. The zero-order valence-electron chi connectivity index (χ0n) is 19.8. The van der Waals surface area contributed by atoms with Crippen LogP contribution < -0.4 is 16.0 Å². The highest BCUT2D eigenvalue weighted by Gasteiger charge is 2.47. The Morgan fingerprint density at radius 1 is 1.00 bits per heavy atom. The number of hydrogen-bond donors (Lipinski definition) is 3. The van der Waals surface area contributed by atoms with Crippen LogP contribution in [-0.4, -0.2) is 39.8 Å². The van der Waals surface area contributed by atoms with E-state index in [2.05, 4.69) is 25.9 Å². The Labute approximate surface area is 195 Å². The Morgan fingerprint density at radius 2 is 1.61 bits per heavy atom. The fourth-order valence-electron chi connectivity index (χ4n) is 4.37. The van der Waals surface area contributed by atoms with Gasteiger partial charge in [0.25, 0.3) is 5.91 Å². The fraction of sp³-hybridized carbons (Fsp3) is 0.480. The molecule has 176 valence electrons. The molecule has 0 bridgehead atoms. The van der Waals surface area contributed by atoms with Crippen LogP contribution in [0.15, 0.2) is 36.4 Å². The number of benzene rings is 1. The summed E-state index contributed by atoms with van der Waals surface area (Å²) in [7, 11) is 0. The molecule has 0 radical (unpaired) electrons. The summed E-state index contributed by atoms with van der Waals surface area (Å²) in [5.41, 5.74) is 0.239. The topological polar surface area (TPSA) is 113 Å². The number of carbonyl (C=O) groups is 3. The van der Waals surface area contributed by atoms with E-state index in [0.717, 1.165) is 25.7 Å².